The van der Waals surface area contributed by atoms with Crippen molar-refractivity contribution in [3.63, 3.8) is 0 Å². The van der Waals surface area contributed by atoms with E-state index in [0.29, 0.717) is 37.6 Å². The summed E-state index contributed by atoms with van der Waals surface area (Å²) in [5.41, 5.74) is 3.16. The summed E-state index contributed by atoms with van der Waals surface area (Å²) in [6.07, 6.45) is 6.49. The van der Waals surface area contributed by atoms with Gasteiger partial charge < -0.3 is 19.9 Å². The molecule has 2 N–H and O–H groups in total. The molecule has 9 nitrogen and oxygen atoms in total. The molecule has 3 aromatic rings. The van der Waals surface area contributed by atoms with Gasteiger partial charge in [0, 0.05) is 48.5 Å². The number of aromatic nitrogens is 3. The number of ether oxygens (including phenoxy) is 1. The van der Waals surface area contributed by atoms with Crippen molar-refractivity contribution in [1.82, 2.24) is 19.9 Å². The quantitative estimate of drug-likeness (QED) is 0.512. The molecule has 0 bridgehead atoms. The van der Waals surface area contributed by atoms with Gasteiger partial charge in [-0.25, -0.2) is 9.97 Å². The topological polar surface area (TPSA) is 113 Å². The molecule has 5 rings (SSSR count). The van der Waals surface area contributed by atoms with E-state index in [-0.39, 0.29) is 17.4 Å². The maximum atomic E-state index is 13.2. The van der Waals surface area contributed by atoms with Crippen molar-refractivity contribution < 1.29 is 9.53 Å². The van der Waals surface area contributed by atoms with Gasteiger partial charge in [0.05, 0.1) is 18.5 Å². The second-order valence-corrected chi connectivity index (χ2v) is 9.79. The van der Waals surface area contributed by atoms with Crippen LogP contribution in [0, 0.1) is 5.92 Å². The Bertz CT molecular complexity index is 1310. The first-order chi connectivity index (χ1) is 16.6. The zero-order valence-electron chi connectivity index (χ0n) is 19.4. The molecule has 0 radical (unpaired) electrons. The normalized spacial score (nSPS) is 16.5. The van der Waals surface area contributed by atoms with Crippen molar-refractivity contribution in [2.45, 2.75) is 39.2 Å². The molecule has 4 heterocycles. The lowest BCUT2D eigenvalue weighted by Gasteiger charge is -2.29. The van der Waals surface area contributed by atoms with Gasteiger partial charge in [0.1, 0.15) is 22.7 Å². The first-order valence-electron chi connectivity index (χ1n) is 11.6. The van der Waals surface area contributed by atoms with Gasteiger partial charge in [-0.15, -0.1) is 11.3 Å². The smallest absolute Gasteiger partial charge is 0.271 e. The number of thiophene rings is 1. The van der Waals surface area contributed by atoms with E-state index in [4.69, 9.17) is 4.74 Å². The van der Waals surface area contributed by atoms with Gasteiger partial charge in [0.15, 0.2) is 0 Å². The average Bonchev–Trinajstić information content (AvgIpc) is 3.45. The van der Waals surface area contributed by atoms with E-state index in [9.17, 15) is 9.59 Å². The van der Waals surface area contributed by atoms with Crippen LogP contribution in [0.4, 0.5) is 11.5 Å². The third-order valence-corrected chi connectivity index (χ3v) is 7.62. The first kappa shape index (κ1) is 22.7. The highest BCUT2D eigenvalue weighted by atomic mass is 32.1. The number of fused-ring (bicyclic) bond motifs is 4. The van der Waals surface area contributed by atoms with E-state index < -0.39 is 0 Å². The molecule has 1 aliphatic carbocycles. The Balaban J connectivity index is 1.42. The Labute approximate surface area is 201 Å². The van der Waals surface area contributed by atoms with E-state index >= 15 is 0 Å². The summed E-state index contributed by atoms with van der Waals surface area (Å²) >= 11 is 1.62. The molecule has 1 atom stereocenters. The van der Waals surface area contributed by atoms with E-state index in [1.54, 1.807) is 24.7 Å². The van der Waals surface area contributed by atoms with Gasteiger partial charge in [0.2, 0.25) is 5.91 Å². The van der Waals surface area contributed by atoms with Gasteiger partial charge in [-0.05, 0) is 37.3 Å². The summed E-state index contributed by atoms with van der Waals surface area (Å²) in [5.74, 6) is 0.797. The van der Waals surface area contributed by atoms with Gasteiger partial charge in [-0.1, -0.05) is 6.92 Å². The van der Waals surface area contributed by atoms with Crippen LogP contribution < -0.4 is 10.9 Å². The van der Waals surface area contributed by atoms with Crippen molar-refractivity contribution in [1.29, 1.82) is 0 Å². The highest BCUT2D eigenvalue weighted by molar-refractivity contribution is 7.19. The Morgan fingerprint density at radius 2 is 2.24 bits per heavy atom. The lowest BCUT2D eigenvalue weighted by atomic mass is 9.86. The molecule has 0 unspecified atom stereocenters. The molecular weight excluding hydrogens is 452 g/mol. The number of H-pyrrole nitrogens is 1. The fraction of sp³-hybridized carbons (Fsp3) is 0.458. The SMILES string of the molecule is CCCN(CCOC)C(=O)[C@H]1CCc2c(sc3ncnc(Nc4cc5c([nH]c4=O)CN=C5)c23)C1. The highest BCUT2D eigenvalue weighted by Gasteiger charge is 2.31. The molecular formula is C24H28N6O3S. The Morgan fingerprint density at radius 1 is 1.35 bits per heavy atom. The second-order valence-electron chi connectivity index (χ2n) is 8.70. The number of aromatic amines is 1. The molecule has 34 heavy (non-hydrogen) atoms. The van der Waals surface area contributed by atoms with Crippen LogP contribution in [0.25, 0.3) is 10.2 Å². The van der Waals surface area contributed by atoms with Crippen molar-refractivity contribution in [2.75, 3.05) is 32.1 Å². The van der Waals surface area contributed by atoms with Crippen molar-refractivity contribution in [3.05, 3.63) is 44.4 Å². The van der Waals surface area contributed by atoms with Gasteiger partial charge in [-0.2, -0.15) is 0 Å². The van der Waals surface area contributed by atoms with Crippen LogP contribution in [0.3, 0.4) is 0 Å². The zero-order valence-corrected chi connectivity index (χ0v) is 20.2. The number of hydrogen-bond donors (Lipinski definition) is 2. The summed E-state index contributed by atoms with van der Waals surface area (Å²) in [6.45, 7) is 4.51. The molecule has 0 saturated carbocycles. The molecule has 1 aliphatic heterocycles. The molecule has 3 aromatic heterocycles. The highest BCUT2D eigenvalue weighted by Crippen LogP contribution is 2.40. The minimum absolute atomic E-state index is 0.0350. The number of nitrogens with one attached hydrogen (secondary N) is 2. The number of aryl methyl sites for hydroxylation is 1. The summed E-state index contributed by atoms with van der Waals surface area (Å²) in [6, 6.07) is 1.81. The van der Waals surface area contributed by atoms with Crippen LogP contribution in [-0.2, 0) is 28.9 Å². The molecule has 178 valence electrons. The number of carbonyl (C=O) groups excluding carboxylic acids is 1. The number of hydrogen-bond acceptors (Lipinski definition) is 8. The third kappa shape index (κ3) is 4.23. The lowest BCUT2D eigenvalue weighted by molar-refractivity contribution is -0.136. The van der Waals surface area contributed by atoms with Crippen LogP contribution in [0.15, 0.2) is 22.2 Å². The summed E-state index contributed by atoms with van der Waals surface area (Å²) in [4.78, 5) is 45.9. The van der Waals surface area contributed by atoms with Crippen molar-refractivity contribution in [3.8, 4) is 0 Å². The molecule has 0 saturated heterocycles. The second kappa shape index (κ2) is 9.63. The van der Waals surface area contributed by atoms with Crippen molar-refractivity contribution >= 4 is 45.2 Å². The maximum absolute atomic E-state index is 13.2. The summed E-state index contributed by atoms with van der Waals surface area (Å²) in [7, 11) is 1.66. The van der Waals surface area contributed by atoms with Gasteiger partial charge in [-0.3, -0.25) is 14.6 Å². The minimum atomic E-state index is -0.196. The minimum Gasteiger partial charge on any atom is -0.383 e. The predicted octanol–water partition coefficient (Wildman–Crippen LogP) is 3.05. The van der Waals surface area contributed by atoms with E-state index in [0.717, 1.165) is 47.3 Å². The zero-order chi connectivity index (χ0) is 23.7. The summed E-state index contributed by atoms with van der Waals surface area (Å²) < 4.78 is 5.20. The Kier molecular flexibility index (Phi) is 6.42. The average molecular weight is 481 g/mol. The summed E-state index contributed by atoms with van der Waals surface area (Å²) in [5, 5.41) is 4.19. The molecule has 2 aliphatic rings. The molecule has 10 heteroatoms. The fourth-order valence-corrected chi connectivity index (χ4v) is 6.03. The number of amides is 1. The maximum Gasteiger partial charge on any atom is 0.271 e. The van der Waals surface area contributed by atoms with Crippen LogP contribution in [0.5, 0.6) is 0 Å². The number of rotatable bonds is 8. The Morgan fingerprint density at radius 3 is 3.06 bits per heavy atom. The van der Waals surface area contributed by atoms with E-state index in [1.165, 1.54) is 16.8 Å². The fourth-order valence-electron chi connectivity index (χ4n) is 4.76. The molecule has 0 spiro atoms. The number of nitrogens with zero attached hydrogens (tertiary/aromatic N) is 4. The predicted molar refractivity (Wildman–Crippen MR) is 133 cm³/mol. The Hall–Kier alpha value is -3.11. The van der Waals surface area contributed by atoms with Crippen LogP contribution in [0.2, 0.25) is 0 Å². The van der Waals surface area contributed by atoms with E-state index in [1.807, 2.05) is 11.0 Å². The third-order valence-electron chi connectivity index (χ3n) is 6.46. The number of aliphatic imine (C=N–C) groups is 1. The molecule has 0 fully saturated rings. The molecule has 1 amide bonds. The number of carbonyl (C=O) groups is 1. The van der Waals surface area contributed by atoms with Crippen LogP contribution >= 0.6 is 11.3 Å². The van der Waals surface area contributed by atoms with Crippen LogP contribution in [-0.4, -0.2) is 58.8 Å². The van der Waals surface area contributed by atoms with Gasteiger partial charge >= 0.3 is 0 Å². The first-order valence-corrected chi connectivity index (χ1v) is 12.5. The standard InChI is InChI=1S/C24H28N6O3S/c1-3-6-30(7-8-33-2)24(32)14-4-5-16-19(10-14)34-23-20(16)21(26-13-27-23)28-17-9-15-11-25-12-18(15)29-22(17)31/h9,11,13-14H,3-8,10,12H2,1-2H3,(H,29,31)(H,26,27,28)/t14-/m0/s1. The van der Waals surface area contributed by atoms with E-state index in [2.05, 4.69) is 32.2 Å². The van der Waals surface area contributed by atoms with Crippen molar-refractivity contribution in [2.24, 2.45) is 10.9 Å². The number of anilines is 2. The lowest BCUT2D eigenvalue weighted by Crippen LogP contribution is -2.40. The number of methoxy groups -OCH3 is 1. The largest absolute Gasteiger partial charge is 0.383 e. The van der Waals surface area contributed by atoms with Gasteiger partial charge in [0.25, 0.3) is 5.56 Å². The monoisotopic (exact) mass is 480 g/mol. The molecule has 0 aromatic carbocycles. The number of pyridine rings is 1. The van der Waals surface area contributed by atoms with Crippen LogP contribution in [0.1, 0.15) is 41.5 Å².